The zero-order valence-electron chi connectivity index (χ0n) is 7.39. The van der Waals surface area contributed by atoms with Gasteiger partial charge in [-0.15, -0.1) is 0 Å². The molecule has 14 heavy (non-hydrogen) atoms. The molecule has 0 amide bonds. The fraction of sp³-hybridized carbons (Fsp3) is 0.125. The Balaban J connectivity index is 3.61. The lowest BCUT2D eigenvalue weighted by Gasteiger charge is -2.05. The summed E-state index contributed by atoms with van der Waals surface area (Å²) in [6, 6.07) is 3.96. The van der Waals surface area contributed by atoms with Crippen LogP contribution in [0.1, 0.15) is 10.4 Å². The maximum atomic E-state index is 11.2. The molecule has 0 aliphatic carbocycles. The molecular weight excluding hydrogens is 206 g/mol. The van der Waals surface area contributed by atoms with Gasteiger partial charge in [-0.3, -0.25) is 0 Å². The van der Waals surface area contributed by atoms with E-state index in [0.717, 1.165) is 6.26 Å². The predicted molar refractivity (Wildman–Crippen MR) is 50.9 cm³/mol. The van der Waals surface area contributed by atoms with Crippen LogP contribution >= 0.6 is 0 Å². The molecule has 0 fully saturated rings. The molecule has 0 aliphatic heterocycles. The fourth-order valence-electron chi connectivity index (χ4n) is 1.09. The summed E-state index contributed by atoms with van der Waals surface area (Å²) in [5.41, 5.74) is 4.95. The van der Waals surface area contributed by atoms with Gasteiger partial charge < -0.3 is 10.8 Å². The largest absolute Gasteiger partial charge is 0.478 e. The third-order valence-corrected chi connectivity index (χ3v) is 2.81. The van der Waals surface area contributed by atoms with Gasteiger partial charge in [0.05, 0.1) is 4.90 Å². The Morgan fingerprint density at radius 1 is 1.43 bits per heavy atom. The van der Waals surface area contributed by atoms with Gasteiger partial charge in [-0.1, -0.05) is 6.07 Å². The van der Waals surface area contributed by atoms with E-state index in [1.54, 1.807) is 0 Å². The van der Waals surface area contributed by atoms with Gasteiger partial charge in [0.25, 0.3) is 0 Å². The summed E-state index contributed by atoms with van der Waals surface area (Å²) in [4.78, 5) is 10.5. The zero-order valence-corrected chi connectivity index (χ0v) is 8.21. The van der Waals surface area contributed by atoms with Crippen LogP contribution < -0.4 is 5.73 Å². The van der Waals surface area contributed by atoms with Crippen molar-refractivity contribution in [1.82, 2.24) is 0 Å². The molecule has 0 unspecified atom stereocenters. The number of nitrogen functional groups attached to an aromatic ring is 1. The number of hydrogen-bond donors (Lipinski definition) is 2. The van der Waals surface area contributed by atoms with Gasteiger partial charge >= 0.3 is 5.97 Å². The minimum absolute atomic E-state index is 0.0552. The first-order chi connectivity index (χ1) is 6.34. The molecule has 0 aromatic heterocycles. The summed E-state index contributed by atoms with van der Waals surface area (Å²) in [6.45, 7) is 0. The number of benzene rings is 1. The average Bonchev–Trinajstić information content (AvgIpc) is 2.01. The molecule has 1 aromatic carbocycles. The normalized spacial score (nSPS) is 11.2. The Hall–Kier alpha value is -1.56. The molecule has 0 heterocycles. The standard InChI is InChI=1S/C8H9NO4S/c1-14(12,13)6-4-2-3-5(9)7(6)8(10)11/h2-4H,9H2,1H3,(H,10,11). The van der Waals surface area contributed by atoms with Crippen LogP contribution in [-0.4, -0.2) is 25.7 Å². The number of carboxylic acid groups (broad SMARTS) is 1. The minimum Gasteiger partial charge on any atom is -0.478 e. The molecule has 0 bridgehead atoms. The van der Waals surface area contributed by atoms with Gasteiger partial charge in [-0.2, -0.15) is 0 Å². The lowest BCUT2D eigenvalue weighted by Crippen LogP contribution is -2.10. The first-order valence-electron chi connectivity index (χ1n) is 3.66. The molecular formula is C8H9NO4S. The van der Waals surface area contributed by atoms with E-state index in [-0.39, 0.29) is 16.1 Å². The van der Waals surface area contributed by atoms with E-state index in [0.29, 0.717) is 0 Å². The Kier molecular flexibility index (Phi) is 2.48. The van der Waals surface area contributed by atoms with Crippen molar-refractivity contribution in [3.8, 4) is 0 Å². The van der Waals surface area contributed by atoms with Crippen LogP contribution in [0.2, 0.25) is 0 Å². The van der Waals surface area contributed by atoms with Crippen LogP contribution in [0.5, 0.6) is 0 Å². The van der Waals surface area contributed by atoms with Crippen LogP contribution in [0.25, 0.3) is 0 Å². The highest BCUT2D eigenvalue weighted by Crippen LogP contribution is 2.21. The van der Waals surface area contributed by atoms with Gasteiger partial charge in [-0.25, -0.2) is 13.2 Å². The predicted octanol–water partition coefficient (Wildman–Crippen LogP) is 0.371. The molecule has 6 heteroatoms. The Labute approximate surface area is 81.1 Å². The van der Waals surface area contributed by atoms with E-state index < -0.39 is 15.8 Å². The van der Waals surface area contributed by atoms with E-state index in [4.69, 9.17) is 10.8 Å². The lowest BCUT2D eigenvalue weighted by atomic mass is 10.2. The molecule has 0 radical (unpaired) electrons. The van der Waals surface area contributed by atoms with E-state index in [1.165, 1.54) is 18.2 Å². The van der Waals surface area contributed by atoms with Gasteiger partial charge in [-0.05, 0) is 12.1 Å². The Bertz CT molecular complexity index is 478. The van der Waals surface area contributed by atoms with Crippen LogP contribution in [0.15, 0.2) is 23.1 Å². The highest BCUT2D eigenvalue weighted by molar-refractivity contribution is 7.90. The van der Waals surface area contributed by atoms with Crippen molar-refractivity contribution in [2.75, 3.05) is 12.0 Å². The average molecular weight is 215 g/mol. The summed E-state index contributed by atoms with van der Waals surface area (Å²) >= 11 is 0. The summed E-state index contributed by atoms with van der Waals surface area (Å²) in [7, 11) is -3.56. The second kappa shape index (κ2) is 3.30. The SMILES string of the molecule is CS(=O)(=O)c1cccc(N)c1C(=O)O. The molecule has 0 aliphatic rings. The number of anilines is 1. The molecule has 3 N–H and O–H groups in total. The number of rotatable bonds is 2. The second-order valence-corrected chi connectivity index (χ2v) is 4.78. The number of aromatic carboxylic acids is 1. The van der Waals surface area contributed by atoms with Gasteiger partial charge in [0, 0.05) is 11.9 Å². The minimum atomic E-state index is -3.56. The second-order valence-electron chi connectivity index (χ2n) is 2.80. The number of carboxylic acids is 1. The van der Waals surface area contributed by atoms with Crippen molar-refractivity contribution < 1.29 is 18.3 Å². The van der Waals surface area contributed by atoms with Crippen molar-refractivity contribution in [1.29, 1.82) is 0 Å². The van der Waals surface area contributed by atoms with Gasteiger partial charge in [0.2, 0.25) is 0 Å². The van der Waals surface area contributed by atoms with Crippen LogP contribution in [0.3, 0.4) is 0 Å². The van der Waals surface area contributed by atoms with Gasteiger partial charge in [0.15, 0.2) is 9.84 Å². The van der Waals surface area contributed by atoms with Crippen LogP contribution in [0, 0.1) is 0 Å². The van der Waals surface area contributed by atoms with Crippen molar-refractivity contribution in [3.05, 3.63) is 23.8 Å². The van der Waals surface area contributed by atoms with Crippen LogP contribution in [0.4, 0.5) is 5.69 Å². The van der Waals surface area contributed by atoms with Crippen molar-refractivity contribution in [2.45, 2.75) is 4.90 Å². The fourth-order valence-corrected chi connectivity index (χ4v) is 1.99. The molecule has 1 aromatic rings. The molecule has 0 spiro atoms. The summed E-state index contributed by atoms with van der Waals surface area (Å²) in [5, 5.41) is 8.77. The molecule has 76 valence electrons. The third-order valence-electron chi connectivity index (χ3n) is 1.67. The number of nitrogens with two attached hydrogens (primary N) is 1. The van der Waals surface area contributed by atoms with E-state index in [9.17, 15) is 13.2 Å². The van der Waals surface area contributed by atoms with Gasteiger partial charge in [0.1, 0.15) is 5.56 Å². The van der Waals surface area contributed by atoms with E-state index in [1.807, 2.05) is 0 Å². The highest BCUT2D eigenvalue weighted by Gasteiger charge is 2.20. The van der Waals surface area contributed by atoms with Crippen LogP contribution in [-0.2, 0) is 9.84 Å². The highest BCUT2D eigenvalue weighted by atomic mass is 32.2. The number of carbonyl (C=O) groups is 1. The monoisotopic (exact) mass is 215 g/mol. The zero-order chi connectivity index (χ0) is 10.9. The number of sulfone groups is 1. The maximum absolute atomic E-state index is 11.2. The molecule has 0 saturated heterocycles. The Morgan fingerprint density at radius 3 is 2.36 bits per heavy atom. The summed E-state index contributed by atoms with van der Waals surface area (Å²) in [6.07, 6.45) is 0.939. The quantitative estimate of drug-likeness (QED) is 0.694. The van der Waals surface area contributed by atoms with E-state index >= 15 is 0 Å². The topological polar surface area (TPSA) is 97.5 Å². The molecule has 0 atom stereocenters. The summed E-state index contributed by atoms with van der Waals surface area (Å²) < 4.78 is 22.4. The van der Waals surface area contributed by atoms with Crippen molar-refractivity contribution in [3.63, 3.8) is 0 Å². The molecule has 5 nitrogen and oxygen atoms in total. The summed E-state index contributed by atoms with van der Waals surface area (Å²) in [5.74, 6) is -1.34. The van der Waals surface area contributed by atoms with E-state index in [2.05, 4.69) is 0 Å². The first kappa shape index (κ1) is 10.5. The smallest absolute Gasteiger partial charge is 0.339 e. The number of hydrogen-bond acceptors (Lipinski definition) is 4. The third kappa shape index (κ3) is 1.85. The molecule has 0 saturated carbocycles. The van der Waals surface area contributed by atoms with Crippen molar-refractivity contribution in [2.24, 2.45) is 0 Å². The Morgan fingerprint density at radius 2 is 2.00 bits per heavy atom. The van der Waals surface area contributed by atoms with Crippen molar-refractivity contribution >= 4 is 21.5 Å². The maximum Gasteiger partial charge on any atom is 0.339 e. The first-order valence-corrected chi connectivity index (χ1v) is 5.55. The lowest BCUT2D eigenvalue weighted by molar-refractivity contribution is 0.0694. The molecule has 1 rings (SSSR count).